The van der Waals surface area contributed by atoms with Crippen LogP contribution in [0.4, 0.5) is 0 Å². The Balaban J connectivity index is 1.62. The lowest BCUT2D eigenvalue weighted by atomic mass is 9.74. The van der Waals surface area contributed by atoms with Crippen LogP contribution < -0.4 is 5.69 Å². The highest BCUT2D eigenvalue weighted by Crippen LogP contribution is 2.49. The molecule has 1 amide bonds. The molecule has 3 aromatic rings. The quantitative estimate of drug-likeness (QED) is 0.796. The number of carbonyl (C=O) groups is 1. The van der Waals surface area contributed by atoms with Crippen molar-refractivity contribution in [3.8, 4) is 0 Å². The lowest BCUT2D eigenvalue weighted by Gasteiger charge is -2.54. The van der Waals surface area contributed by atoms with Gasteiger partial charge in [-0.15, -0.1) is 11.3 Å². The molecule has 1 aliphatic rings. The van der Waals surface area contributed by atoms with Crippen LogP contribution in [0.2, 0.25) is 0 Å². The molecule has 0 bridgehead atoms. The van der Waals surface area contributed by atoms with Gasteiger partial charge in [-0.05, 0) is 23.6 Å². The number of nitrogens with one attached hydrogen (secondary N) is 1. The van der Waals surface area contributed by atoms with Gasteiger partial charge in [0.1, 0.15) is 6.54 Å². The number of hydrogen-bond donors (Lipinski definition) is 1. The molecule has 3 heterocycles. The normalized spacial score (nSPS) is 19.4. The van der Waals surface area contributed by atoms with E-state index in [4.69, 9.17) is 0 Å². The third-order valence-corrected chi connectivity index (χ3v) is 5.66. The maximum absolute atomic E-state index is 12.8. The number of likely N-dealkylation sites (tertiary alicyclic amines) is 1. The summed E-state index contributed by atoms with van der Waals surface area (Å²) in [6.45, 7) is 5.14. The Kier molecular flexibility index (Phi) is 3.38. The zero-order valence-electron chi connectivity index (χ0n) is 13.7. The van der Waals surface area contributed by atoms with Gasteiger partial charge in [-0.2, -0.15) is 0 Å². The molecule has 0 spiro atoms. The summed E-state index contributed by atoms with van der Waals surface area (Å²) in [5, 5.41) is 2.04. The fraction of sp³-hybridized carbons (Fsp3) is 0.333. The maximum atomic E-state index is 12.8. The van der Waals surface area contributed by atoms with Gasteiger partial charge in [-0.1, -0.05) is 32.0 Å². The summed E-state index contributed by atoms with van der Waals surface area (Å²) in [5.74, 6) is -0.0143. The smallest absolute Gasteiger partial charge is 0.326 e. The van der Waals surface area contributed by atoms with Gasteiger partial charge in [-0.25, -0.2) is 4.79 Å². The Morgan fingerprint density at radius 2 is 2.08 bits per heavy atom. The van der Waals surface area contributed by atoms with Crippen LogP contribution in [0.5, 0.6) is 0 Å². The van der Waals surface area contributed by atoms with Gasteiger partial charge in [-0.3, -0.25) is 9.36 Å². The summed E-state index contributed by atoms with van der Waals surface area (Å²) in [7, 11) is 0. The summed E-state index contributed by atoms with van der Waals surface area (Å²) in [6, 6.07) is 11.6. The molecular weight excluding hydrogens is 322 g/mol. The molecular formula is C18H19N3O2S. The molecule has 1 aliphatic heterocycles. The third kappa shape index (κ3) is 2.29. The van der Waals surface area contributed by atoms with Crippen LogP contribution in [0, 0.1) is 5.41 Å². The van der Waals surface area contributed by atoms with Gasteiger partial charge >= 0.3 is 5.69 Å². The van der Waals surface area contributed by atoms with E-state index in [1.165, 1.54) is 9.44 Å². The summed E-state index contributed by atoms with van der Waals surface area (Å²) in [4.78, 5) is 30.9. The number of H-pyrrole nitrogens is 1. The van der Waals surface area contributed by atoms with Crippen molar-refractivity contribution in [3.63, 3.8) is 0 Å². The number of aromatic amines is 1. The molecule has 0 radical (unpaired) electrons. The molecule has 1 N–H and O–H groups in total. The van der Waals surface area contributed by atoms with Crippen molar-refractivity contribution >= 4 is 28.3 Å². The van der Waals surface area contributed by atoms with Crippen LogP contribution in [-0.2, 0) is 11.3 Å². The molecule has 4 rings (SSSR count). The Bertz CT molecular complexity index is 952. The number of fused-ring (bicyclic) bond motifs is 1. The number of benzene rings is 1. The van der Waals surface area contributed by atoms with Gasteiger partial charge in [0.2, 0.25) is 5.91 Å². The van der Waals surface area contributed by atoms with Crippen molar-refractivity contribution < 1.29 is 4.79 Å². The monoisotopic (exact) mass is 341 g/mol. The maximum Gasteiger partial charge on any atom is 0.326 e. The van der Waals surface area contributed by atoms with E-state index in [1.807, 2.05) is 40.6 Å². The van der Waals surface area contributed by atoms with Crippen LogP contribution in [0.25, 0.3) is 11.0 Å². The van der Waals surface area contributed by atoms with Crippen molar-refractivity contribution in [3.05, 3.63) is 57.1 Å². The number of nitrogens with zero attached hydrogens (tertiary/aromatic N) is 2. The Labute approximate surface area is 143 Å². The van der Waals surface area contributed by atoms with Crippen molar-refractivity contribution in [1.29, 1.82) is 0 Å². The highest BCUT2D eigenvalue weighted by Gasteiger charge is 2.49. The van der Waals surface area contributed by atoms with E-state index in [9.17, 15) is 9.59 Å². The van der Waals surface area contributed by atoms with Gasteiger partial charge in [0.25, 0.3) is 0 Å². The third-order valence-electron chi connectivity index (χ3n) is 4.74. The van der Waals surface area contributed by atoms with E-state index < -0.39 is 0 Å². The zero-order valence-corrected chi connectivity index (χ0v) is 14.5. The number of aromatic nitrogens is 2. The molecule has 1 atom stereocenters. The molecule has 24 heavy (non-hydrogen) atoms. The number of imidazole rings is 1. The van der Waals surface area contributed by atoms with Crippen molar-refractivity contribution in [1.82, 2.24) is 14.5 Å². The van der Waals surface area contributed by atoms with Crippen LogP contribution in [0.3, 0.4) is 0 Å². The van der Waals surface area contributed by atoms with E-state index in [2.05, 4.69) is 24.9 Å². The molecule has 2 aromatic heterocycles. The standard InChI is InChI=1S/C18H19N3O2S/c1-18(2)11-21(16(18)14-8-5-9-24-14)15(22)10-20-13-7-4-3-6-12(13)19-17(20)23/h3-9,16H,10-11H2,1-2H3,(H,19,23). The second-order valence-electron chi connectivity index (χ2n) is 6.96. The Hall–Kier alpha value is -2.34. The van der Waals surface area contributed by atoms with E-state index in [1.54, 1.807) is 11.3 Å². The fourth-order valence-corrected chi connectivity index (χ4v) is 4.68. The minimum absolute atomic E-state index is 0.0143. The summed E-state index contributed by atoms with van der Waals surface area (Å²) in [6.07, 6.45) is 0. The SMILES string of the molecule is CC1(C)CN(C(=O)Cn2c(=O)[nH]c3ccccc32)C1c1cccs1. The Morgan fingerprint density at radius 1 is 1.29 bits per heavy atom. The number of carbonyl (C=O) groups excluding carboxylic acids is 1. The first-order valence-electron chi connectivity index (χ1n) is 7.98. The van der Waals surface area contributed by atoms with Crippen LogP contribution in [0.1, 0.15) is 24.8 Å². The predicted octanol–water partition coefficient (Wildman–Crippen LogP) is 3.00. The minimum atomic E-state index is -0.239. The summed E-state index contributed by atoms with van der Waals surface area (Å²) in [5.41, 5.74) is 1.35. The Morgan fingerprint density at radius 3 is 2.79 bits per heavy atom. The highest BCUT2D eigenvalue weighted by atomic mass is 32.1. The molecule has 1 saturated heterocycles. The van der Waals surface area contributed by atoms with E-state index in [0.717, 1.165) is 11.0 Å². The van der Waals surface area contributed by atoms with E-state index in [0.29, 0.717) is 6.54 Å². The molecule has 1 fully saturated rings. The second-order valence-corrected chi connectivity index (χ2v) is 7.94. The number of rotatable bonds is 3. The van der Waals surface area contributed by atoms with Crippen molar-refractivity contribution in [2.24, 2.45) is 5.41 Å². The lowest BCUT2D eigenvalue weighted by Crippen LogP contribution is -2.58. The average Bonchev–Trinajstić information content (AvgIpc) is 3.14. The topological polar surface area (TPSA) is 58.1 Å². The summed E-state index contributed by atoms with van der Waals surface area (Å²) >= 11 is 1.68. The van der Waals surface area contributed by atoms with Crippen molar-refractivity contribution in [2.45, 2.75) is 26.4 Å². The van der Waals surface area contributed by atoms with Crippen LogP contribution >= 0.6 is 11.3 Å². The largest absolute Gasteiger partial charge is 0.332 e. The highest BCUT2D eigenvalue weighted by molar-refractivity contribution is 7.10. The fourth-order valence-electron chi connectivity index (χ4n) is 3.63. The zero-order chi connectivity index (χ0) is 16.9. The molecule has 124 valence electrons. The number of hydrogen-bond acceptors (Lipinski definition) is 3. The van der Waals surface area contributed by atoms with Gasteiger partial charge in [0.15, 0.2) is 0 Å². The van der Waals surface area contributed by atoms with Gasteiger partial charge in [0, 0.05) is 16.8 Å². The van der Waals surface area contributed by atoms with Crippen molar-refractivity contribution in [2.75, 3.05) is 6.54 Å². The molecule has 1 aromatic carbocycles. The molecule has 6 heteroatoms. The second kappa shape index (κ2) is 5.34. The first-order valence-corrected chi connectivity index (χ1v) is 8.86. The van der Waals surface area contributed by atoms with E-state index in [-0.39, 0.29) is 29.6 Å². The number of thiophene rings is 1. The molecule has 0 aliphatic carbocycles. The molecule has 1 unspecified atom stereocenters. The first-order chi connectivity index (χ1) is 11.5. The molecule has 0 saturated carbocycles. The van der Waals surface area contributed by atoms with Gasteiger partial charge < -0.3 is 9.88 Å². The number of para-hydroxylation sites is 2. The predicted molar refractivity (Wildman–Crippen MR) is 95.1 cm³/mol. The van der Waals surface area contributed by atoms with Crippen LogP contribution in [-0.4, -0.2) is 26.9 Å². The lowest BCUT2D eigenvalue weighted by molar-refractivity contribution is -0.152. The van der Waals surface area contributed by atoms with Gasteiger partial charge in [0.05, 0.1) is 17.1 Å². The average molecular weight is 341 g/mol. The van der Waals surface area contributed by atoms with Crippen LogP contribution in [0.15, 0.2) is 46.6 Å². The minimum Gasteiger partial charge on any atom is -0.332 e. The van der Waals surface area contributed by atoms with E-state index >= 15 is 0 Å². The number of amides is 1. The first kappa shape index (κ1) is 15.2. The summed E-state index contributed by atoms with van der Waals surface area (Å²) < 4.78 is 1.52. The molecule has 5 nitrogen and oxygen atoms in total.